The number of aromatic hydroxyl groups is 2. The number of carbonyl (C=O) groups is 2. The second-order valence-electron chi connectivity index (χ2n) is 10.8. The van der Waals surface area contributed by atoms with Gasteiger partial charge in [0.15, 0.2) is 0 Å². The summed E-state index contributed by atoms with van der Waals surface area (Å²) in [6, 6.07) is 23.1. The molecule has 0 aromatic heterocycles. The number of amides is 2. The summed E-state index contributed by atoms with van der Waals surface area (Å²) >= 11 is 10.8. The molecule has 2 aliphatic rings. The molecule has 0 bridgehead atoms. The summed E-state index contributed by atoms with van der Waals surface area (Å²) in [6.45, 7) is 0.324. The third-order valence-electron chi connectivity index (χ3n) is 8.30. The van der Waals surface area contributed by atoms with Crippen molar-refractivity contribution in [1.29, 1.82) is 0 Å². The molecule has 0 saturated heterocycles. The van der Waals surface area contributed by atoms with Gasteiger partial charge in [0.2, 0.25) is 0 Å². The topological polar surface area (TPSA) is 81.1 Å². The Morgan fingerprint density at radius 2 is 1.39 bits per heavy atom. The van der Waals surface area contributed by atoms with E-state index >= 15 is 0 Å². The molecule has 2 aliphatic heterocycles. The monoisotopic (exact) mass is 734 g/mol. The number of halogens is 3. The minimum absolute atomic E-state index is 0.0719. The molecule has 0 radical (unpaired) electrons. The zero-order valence-electron chi connectivity index (χ0n) is 23.2. The molecule has 2 heterocycles. The predicted molar refractivity (Wildman–Crippen MR) is 186 cm³/mol. The van der Waals surface area contributed by atoms with Crippen LogP contribution in [0.5, 0.6) is 11.5 Å². The molecule has 9 heteroatoms. The SMILES string of the molecule is C#Cc1cc(C(=O)N2C[C@@H](CCl)c3c2cc(O)c2ccccc32)cc(C(=O)N2CI(CCl)c3c2cc(O)c2ccccc32)c1. The molecule has 220 valence electrons. The summed E-state index contributed by atoms with van der Waals surface area (Å²) < 4.78 is 1.98. The predicted octanol–water partition coefficient (Wildman–Crippen LogP) is 7.86. The van der Waals surface area contributed by atoms with Crippen LogP contribution in [0.4, 0.5) is 11.4 Å². The van der Waals surface area contributed by atoms with Crippen molar-refractivity contribution in [3.05, 3.63) is 105 Å². The van der Waals surface area contributed by atoms with E-state index in [-0.39, 0.29) is 40.4 Å². The number of rotatable bonds is 4. The van der Waals surface area contributed by atoms with Crippen molar-refractivity contribution in [2.45, 2.75) is 5.92 Å². The van der Waals surface area contributed by atoms with Crippen LogP contribution < -0.4 is 9.80 Å². The number of phenolic OH excluding ortho intramolecular Hbond substituents is 2. The molecule has 2 amide bonds. The average molecular weight is 735 g/mol. The number of alkyl halides is 4. The van der Waals surface area contributed by atoms with Crippen molar-refractivity contribution >= 4 is 87.8 Å². The Labute approximate surface area is 271 Å². The number of benzene rings is 5. The molecule has 6 nitrogen and oxygen atoms in total. The molecule has 5 aromatic rings. The number of phenols is 2. The fourth-order valence-electron chi connectivity index (χ4n) is 6.31. The average Bonchev–Trinajstić information content (AvgIpc) is 3.62. The van der Waals surface area contributed by atoms with Crippen LogP contribution in [0.1, 0.15) is 37.8 Å². The Balaban J connectivity index is 1.30. The van der Waals surface area contributed by atoms with Gasteiger partial charge in [0.1, 0.15) is 0 Å². The van der Waals surface area contributed by atoms with Crippen molar-refractivity contribution in [3.8, 4) is 23.8 Å². The van der Waals surface area contributed by atoms with Gasteiger partial charge in [-0.25, -0.2) is 0 Å². The van der Waals surface area contributed by atoms with Crippen molar-refractivity contribution in [2.75, 3.05) is 30.7 Å². The fraction of sp³-hybridized carbons (Fsp3) is 0.143. The van der Waals surface area contributed by atoms with E-state index in [2.05, 4.69) is 5.92 Å². The Bertz CT molecular complexity index is 1940. The Morgan fingerprint density at radius 3 is 2.00 bits per heavy atom. The van der Waals surface area contributed by atoms with Crippen LogP contribution in [0.15, 0.2) is 78.9 Å². The molecule has 5 aromatic carbocycles. The van der Waals surface area contributed by atoms with Gasteiger partial charge in [-0.1, -0.05) is 18.2 Å². The molecule has 44 heavy (non-hydrogen) atoms. The van der Waals surface area contributed by atoms with Gasteiger partial charge in [-0.15, -0.1) is 0 Å². The van der Waals surface area contributed by atoms with E-state index < -0.39 is 19.8 Å². The van der Waals surface area contributed by atoms with Gasteiger partial charge in [-0.3, -0.25) is 0 Å². The quantitative estimate of drug-likeness (QED) is 0.0853. The minimum atomic E-state index is -2.01. The maximum atomic E-state index is 14.2. The van der Waals surface area contributed by atoms with Crippen molar-refractivity contribution in [3.63, 3.8) is 0 Å². The summed E-state index contributed by atoms with van der Waals surface area (Å²) in [5.74, 6) is 2.24. The number of hydrogen-bond donors (Lipinski definition) is 2. The van der Waals surface area contributed by atoms with Crippen molar-refractivity contribution in [1.82, 2.24) is 0 Å². The summed E-state index contributed by atoms with van der Waals surface area (Å²) in [7, 11) is 0. The summed E-state index contributed by atoms with van der Waals surface area (Å²) in [5.41, 5.74) is 3.06. The van der Waals surface area contributed by atoms with Gasteiger partial charge in [-0.2, -0.15) is 0 Å². The third kappa shape index (κ3) is 4.47. The first-order valence-electron chi connectivity index (χ1n) is 13.8. The molecule has 2 N–H and O–H groups in total. The number of terminal acetylenes is 1. The van der Waals surface area contributed by atoms with Crippen LogP contribution >= 0.6 is 43.0 Å². The molecule has 1 atom stereocenters. The second kappa shape index (κ2) is 11.2. The normalized spacial score (nSPS) is 16.3. The van der Waals surface area contributed by atoms with Gasteiger partial charge in [0.25, 0.3) is 0 Å². The van der Waals surface area contributed by atoms with Crippen LogP contribution in [-0.2, 0) is 0 Å². The van der Waals surface area contributed by atoms with E-state index in [1.165, 1.54) is 0 Å². The molecular formula is C35H25Cl2IN2O4. The summed E-state index contributed by atoms with van der Waals surface area (Å²) in [6.07, 6.45) is 5.81. The zero-order chi connectivity index (χ0) is 30.7. The van der Waals surface area contributed by atoms with Crippen molar-refractivity contribution in [2.24, 2.45) is 0 Å². The van der Waals surface area contributed by atoms with Gasteiger partial charge in [0.05, 0.1) is 0 Å². The fourth-order valence-corrected chi connectivity index (χ4v) is 12.5. The Hall–Kier alpha value is -3.97. The van der Waals surface area contributed by atoms with Crippen LogP contribution in [0.2, 0.25) is 0 Å². The second-order valence-corrected chi connectivity index (χ2v) is 17.4. The van der Waals surface area contributed by atoms with Crippen molar-refractivity contribution < 1.29 is 19.8 Å². The molecule has 0 fully saturated rings. The first kappa shape index (κ1) is 28.8. The van der Waals surface area contributed by atoms with Gasteiger partial charge >= 0.3 is 254 Å². The molecule has 0 aliphatic carbocycles. The van der Waals surface area contributed by atoms with E-state index in [1.54, 1.807) is 40.1 Å². The first-order valence-corrected chi connectivity index (χ1v) is 19.0. The van der Waals surface area contributed by atoms with E-state index in [1.807, 2.05) is 48.5 Å². The number of nitrogens with zero attached hydrogens (tertiary/aromatic N) is 2. The zero-order valence-corrected chi connectivity index (χ0v) is 26.9. The van der Waals surface area contributed by atoms with Crippen LogP contribution in [-0.4, -0.2) is 42.9 Å². The van der Waals surface area contributed by atoms with Gasteiger partial charge < -0.3 is 0 Å². The van der Waals surface area contributed by atoms with E-state index in [4.69, 9.17) is 29.6 Å². The summed E-state index contributed by atoms with van der Waals surface area (Å²) in [5, 5.41) is 24.8. The summed E-state index contributed by atoms with van der Waals surface area (Å²) in [4.78, 5) is 31.6. The molecule has 0 spiro atoms. The van der Waals surface area contributed by atoms with Crippen LogP contribution in [0.25, 0.3) is 21.5 Å². The van der Waals surface area contributed by atoms with E-state index in [0.29, 0.717) is 43.2 Å². The molecular weight excluding hydrogens is 710 g/mol. The first-order chi connectivity index (χ1) is 21.3. The van der Waals surface area contributed by atoms with Gasteiger partial charge in [0, 0.05) is 0 Å². The molecule has 0 saturated carbocycles. The number of carbonyl (C=O) groups excluding carboxylic acids is 2. The van der Waals surface area contributed by atoms with Crippen LogP contribution in [0, 0.1) is 15.9 Å². The number of fused-ring (bicyclic) bond motifs is 6. The molecule has 0 unspecified atom stereocenters. The Kier molecular flexibility index (Phi) is 7.32. The Morgan fingerprint density at radius 1 is 0.818 bits per heavy atom. The maximum absolute atomic E-state index is 14.2. The number of hydrogen-bond acceptors (Lipinski definition) is 4. The third-order valence-corrected chi connectivity index (χ3v) is 15.2. The standard InChI is InChI=1S/C35H25Cl2IN2O4/c1-2-20-11-21(34(43)39-17-23(16-36)32-26-9-5-3-7-24(26)30(41)14-28(32)39)13-22(12-20)35(44)40-19-38(18-37)33-27-10-6-4-8-25(27)31(42)15-29(33)40/h1,3-15,23,41-42H,16-19H2/t23-/m1/s1. The van der Waals surface area contributed by atoms with E-state index in [9.17, 15) is 19.8 Å². The van der Waals surface area contributed by atoms with Crippen LogP contribution in [0.3, 0.4) is 0 Å². The van der Waals surface area contributed by atoms with E-state index in [0.717, 1.165) is 25.3 Å². The van der Waals surface area contributed by atoms with Gasteiger partial charge in [-0.05, 0) is 0 Å². The molecule has 7 rings (SSSR count). The number of anilines is 2.